The molecule has 0 amide bonds. The first-order chi connectivity index (χ1) is 71.0. The summed E-state index contributed by atoms with van der Waals surface area (Å²) in [7, 11) is 3.54. The number of hydrogen-bond donors (Lipinski definition) is 4. The number of anilines is 8. The Kier molecular flexibility index (Phi) is 28.4. The van der Waals surface area contributed by atoms with E-state index in [1.54, 1.807) is 87.5 Å². The average molecular weight is 1950 g/mol. The van der Waals surface area contributed by atoms with Crippen LogP contribution < -0.4 is 47.4 Å². The summed E-state index contributed by atoms with van der Waals surface area (Å²) in [4.78, 5) is 57.8. The summed E-state index contributed by atoms with van der Waals surface area (Å²) in [5, 5.41) is 17.5. The van der Waals surface area contributed by atoms with Gasteiger partial charge < -0.3 is 53.7 Å². The molecule has 8 heterocycles. The van der Waals surface area contributed by atoms with Crippen LogP contribution in [0.25, 0.3) is 112 Å². The molecule has 0 spiro atoms. The van der Waals surface area contributed by atoms with Crippen molar-refractivity contribution in [2.45, 2.75) is 148 Å². The molecule has 0 saturated heterocycles. The van der Waals surface area contributed by atoms with Crippen LogP contribution in [0.2, 0.25) is 0 Å². The molecule has 4 aromatic heterocycles. The van der Waals surface area contributed by atoms with Crippen LogP contribution in [0.15, 0.2) is 336 Å². The fraction of sp³-hybridized carbons (Fsp3) is 0.214. The van der Waals surface area contributed by atoms with Gasteiger partial charge in [0.05, 0.1) is 210 Å². The van der Waals surface area contributed by atoms with Gasteiger partial charge in [0, 0.05) is 67.8 Å². The molecule has 4 aliphatic heterocycles. The predicted molar refractivity (Wildman–Crippen MR) is 563 cm³/mol. The number of aromatic nitrogens is 12. The fourth-order valence-electron chi connectivity index (χ4n) is 18.8. The van der Waals surface area contributed by atoms with Crippen molar-refractivity contribution in [3.8, 4) is 74.1 Å². The minimum absolute atomic E-state index is 0.102. The van der Waals surface area contributed by atoms with E-state index < -0.39 is 6.36 Å². The number of nitrogens with one attached hydrogen (secondary N) is 4. The fourth-order valence-corrected chi connectivity index (χ4v) is 18.8. The first-order valence-corrected chi connectivity index (χ1v) is 48.9. The van der Waals surface area contributed by atoms with Gasteiger partial charge in [-0.3, -0.25) is 39.9 Å². The van der Waals surface area contributed by atoms with Crippen LogP contribution in [-0.4, -0.2) is 115 Å². The molecule has 0 bridgehead atoms. The molecule has 29 heteroatoms. The molecule has 0 unspecified atom stereocenters. The average Bonchev–Trinajstić information content (AvgIpc) is 0.789. The number of aryl methyl sites for hydroxylation is 4. The first-order valence-electron chi connectivity index (χ1n) is 48.9. The molecule has 7 aliphatic carbocycles. The summed E-state index contributed by atoms with van der Waals surface area (Å²) < 4.78 is 103. The topological polar surface area (TPSA) is 248 Å². The van der Waals surface area contributed by atoms with Gasteiger partial charge >= 0.3 is 6.36 Å². The second-order valence-corrected chi connectivity index (χ2v) is 36.9. The molecule has 0 atom stereocenters. The molecule has 3 fully saturated rings. The van der Waals surface area contributed by atoms with E-state index in [2.05, 4.69) is 97.8 Å². The molecule has 4 N–H and O–H groups in total. The number of alkyl halides is 3. The number of pyridine rings is 4. The molecule has 0 radical (unpaired) electrons. The van der Waals surface area contributed by atoms with Crippen LogP contribution in [0.1, 0.15) is 101 Å². The Morgan fingerprint density at radius 3 is 0.815 bits per heavy atom. The number of hydrogen-bond acceptors (Lipinski definition) is 19. The number of nitrogens with zero attached hydrogens (tertiary/aromatic N) is 16. The van der Waals surface area contributed by atoms with Crippen LogP contribution >= 0.6 is 0 Å². The SMILES string of the molecule is COC1CCC(N=c2cc3n(-c4ccc(F)cc4)c4ccccc4nc-3cc2Nc2cccnc2C)CC1.COC1CCC(N=c2cc3n(-c4ccc(OC(F)(F)F)cc4)c4ccccc4nc-3cc2Nc2cccnc2C)CC1.Cc1ncccc1Nc1cc2nc3ccccc3n(-c3ccc(F)cc3)c-2cc1=NC(C)C.Cc1ncccc1Nc1cc2nc3ccccc3n(-c3ccc(F)cc3)c-2cc1=NC1CC1. The van der Waals surface area contributed by atoms with Gasteiger partial charge in [-0.15, -0.1) is 13.2 Å². The Balaban J connectivity index is 0.000000119. The van der Waals surface area contributed by atoms with Gasteiger partial charge in [0.2, 0.25) is 0 Å². The van der Waals surface area contributed by atoms with E-state index in [0.717, 1.165) is 255 Å². The third-order valence-electron chi connectivity index (χ3n) is 26.3. The van der Waals surface area contributed by atoms with Gasteiger partial charge in [-0.25, -0.2) is 33.1 Å². The minimum atomic E-state index is -4.76. The Morgan fingerprint density at radius 1 is 0.308 bits per heavy atom. The number of ether oxygens (including phenoxy) is 3. The Labute approximate surface area is 839 Å². The van der Waals surface area contributed by atoms with Gasteiger partial charge in [0.15, 0.2) is 0 Å². The molecule has 23 rings (SSSR count). The molecule has 3 saturated carbocycles. The summed E-state index contributed by atoms with van der Waals surface area (Å²) in [5.41, 5.74) is 27.6. The maximum Gasteiger partial charge on any atom is 0.573 e. The maximum atomic E-state index is 13.8. The number of benzene rings is 12. The highest BCUT2D eigenvalue weighted by Crippen LogP contribution is 2.40. The van der Waals surface area contributed by atoms with Crippen LogP contribution in [0.5, 0.6) is 5.75 Å². The number of rotatable bonds is 19. The summed E-state index contributed by atoms with van der Waals surface area (Å²) in [6.45, 7) is 12.0. The Morgan fingerprint density at radius 2 is 0.562 bits per heavy atom. The quantitative estimate of drug-likeness (QED) is 0.0434. The van der Waals surface area contributed by atoms with E-state index in [0.29, 0.717) is 23.5 Å². The zero-order valence-corrected chi connectivity index (χ0v) is 81.7. The predicted octanol–water partition coefficient (Wildman–Crippen LogP) is 25.7. The normalized spacial score (nSPS) is 15.9. The van der Waals surface area contributed by atoms with E-state index in [-0.39, 0.29) is 47.4 Å². The summed E-state index contributed by atoms with van der Waals surface area (Å²) in [6, 6.07) is 90.0. The van der Waals surface area contributed by atoms with Crippen LogP contribution in [0.3, 0.4) is 0 Å². The van der Waals surface area contributed by atoms with Crippen LogP contribution in [0, 0.1) is 45.1 Å². The van der Waals surface area contributed by atoms with Crippen molar-refractivity contribution in [2.24, 2.45) is 20.0 Å². The first kappa shape index (κ1) is 96.8. The van der Waals surface area contributed by atoms with E-state index in [4.69, 9.17) is 49.4 Å². The van der Waals surface area contributed by atoms with Gasteiger partial charge in [-0.1, -0.05) is 48.5 Å². The van der Waals surface area contributed by atoms with Crippen molar-refractivity contribution < 1.29 is 40.6 Å². The lowest BCUT2D eigenvalue weighted by Crippen LogP contribution is -2.25. The van der Waals surface area contributed by atoms with Gasteiger partial charge in [-0.05, 0) is 348 Å². The lowest BCUT2D eigenvalue weighted by Gasteiger charge is -2.25. The van der Waals surface area contributed by atoms with Gasteiger partial charge in [0.25, 0.3) is 0 Å². The van der Waals surface area contributed by atoms with E-state index in [1.807, 2.05) is 202 Å². The standard InChI is InChI=1S/C32H30F3N5O2.C31H30FN5O.C27H22FN5.C27H24FN5/c1-20-25(7-5-17-36-20)38-27-18-29-31(19-28(27)37-21-9-13-23(41-2)14-10-21)40(30-8-4-3-6-26(30)39-29)22-11-15-24(16-12-22)42-32(33,34)35;1-20-25(7-5-17-33-20)35-27-18-29-31(19-28(27)34-22-11-15-24(38-2)16-12-22)37(23-13-9-21(32)10-14-23)30-8-4-3-6-26(30)36-29;1-17-21(6-4-14-29-17)31-23-15-25-27(16-24(23)30-19-10-11-19)33(20-12-8-18(28)9-13-20)26-7-3-2-5-22(26)32-25;1-17(2)30-24-16-27-25(15-23(24)31-21-8-6-14-29-18(21)3)32-22-7-4-5-9-26(22)33(27)20-12-10-19(28)11-13-20/h3-8,11-12,15-19,21,23,38H,9-10,13-14H2,1-2H3;3-10,13-14,17-19,22,24,35H,11-12,15-16H2,1-2H3;2-9,12-16,19,31H,10-11H2,1H3;4-17,31H,1-3H3. The largest absolute Gasteiger partial charge is 0.573 e. The second kappa shape index (κ2) is 42.9. The number of halogens is 6. The zero-order chi connectivity index (χ0) is 101. The van der Waals surface area contributed by atoms with Gasteiger partial charge in [0.1, 0.15) is 23.2 Å². The van der Waals surface area contributed by atoms with E-state index >= 15 is 0 Å². The molecule has 146 heavy (non-hydrogen) atoms. The second-order valence-electron chi connectivity index (χ2n) is 36.9. The summed E-state index contributed by atoms with van der Waals surface area (Å²) in [5.74, 6) is -1.08. The van der Waals surface area contributed by atoms with Crippen molar-refractivity contribution in [2.75, 3.05) is 35.5 Å². The van der Waals surface area contributed by atoms with Gasteiger partial charge in [-0.2, -0.15) is 0 Å². The number of para-hydroxylation sites is 8. The number of methoxy groups -OCH3 is 2. The zero-order valence-electron chi connectivity index (χ0n) is 81.7. The lowest BCUT2D eigenvalue weighted by molar-refractivity contribution is -0.274. The Hall–Kier alpha value is -16.7. The lowest BCUT2D eigenvalue weighted by atomic mass is 9.93. The van der Waals surface area contributed by atoms with Crippen molar-refractivity contribution in [1.29, 1.82) is 0 Å². The van der Waals surface area contributed by atoms with Crippen molar-refractivity contribution >= 4 is 89.6 Å². The summed E-state index contributed by atoms with van der Waals surface area (Å²) >= 11 is 0. The van der Waals surface area contributed by atoms with Crippen molar-refractivity contribution in [3.63, 3.8) is 0 Å². The van der Waals surface area contributed by atoms with E-state index in [9.17, 15) is 26.3 Å². The highest BCUT2D eigenvalue weighted by atomic mass is 19.4. The molecular weight excluding hydrogens is 1850 g/mol. The molecule has 12 aromatic rings. The van der Waals surface area contributed by atoms with E-state index in [1.165, 1.54) is 48.5 Å². The van der Waals surface area contributed by atoms with Crippen LogP contribution in [0.4, 0.5) is 71.8 Å². The van der Waals surface area contributed by atoms with Crippen LogP contribution in [-0.2, 0) is 9.47 Å². The highest BCUT2D eigenvalue weighted by Gasteiger charge is 2.32. The molecule has 11 aliphatic rings. The number of fused-ring (bicyclic) bond motifs is 8. The monoisotopic (exact) mass is 1950 g/mol. The molecule has 8 aromatic carbocycles. The third-order valence-corrected chi connectivity index (χ3v) is 26.3. The highest BCUT2D eigenvalue weighted by molar-refractivity contribution is 5.89. The minimum Gasteiger partial charge on any atom is -0.406 e. The third kappa shape index (κ3) is 22.1. The summed E-state index contributed by atoms with van der Waals surface area (Å²) in [6.07, 6.45) is 12.8. The maximum absolute atomic E-state index is 13.8. The smallest absolute Gasteiger partial charge is 0.406 e. The van der Waals surface area contributed by atoms with Crippen molar-refractivity contribution in [3.05, 3.63) is 378 Å². The molecule has 734 valence electrons. The molecule has 23 nitrogen and oxygen atoms in total. The molecular formula is C117H106F6N20O3. The van der Waals surface area contributed by atoms with Crippen molar-refractivity contribution in [1.82, 2.24) is 58.1 Å². The Bertz CT molecular complexity index is 8080.